The van der Waals surface area contributed by atoms with Crippen LogP contribution in [0.5, 0.6) is 0 Å². The standard InChI is InChI=1S/C19H20N2O3S/c1-5-24-19(23)15-8-6-14(7-9-15)10-21-13(4)20-17-16(18(21)22)11(2)12(3)25-17/h6-9H,5,10H2,1-4H3. The van der Waals surface area contributed by atoms with Crippen LogP contribution in [0, 0.1) is 20.8 Å². The van der Waals surface area contributed by atoms with E-state index in [-0.39, 0.29) is 11.5 Å². The van der Waals surface area contributed by atoms with E-state index in [9.17, 15) is 9.59 Å². The van der Waals surface area contributed by atoms with E-state index in [2.05, 4.69) is 4.98 Å². The molecule has 0 saturated heterocycles. The first kappa shape index (κ1) is 17.4. The van der Waals surface area contributed by atoms with Gasteiger partial charge in [-0.1, -0.05) is 12.1 Å². The van der Waals surface area contributed by atoms with Gasteiger partial charge in [0, 0.05) is 4.88 Å². The molecule has 0 saturated carbocycles. The fourth-order valence-corrected chi connectivity index (χ4v) is 3.82. The molecule has 0 aliphatic rings. The first-order valence-corrected chi connectivity index (χ1v) is 8.97. The van der Waals surface area contributed by atoms with Crippen LogP contribution in [0.1, 0.15) is 39.1 Å². The summed E-state index contributed by atoms with van der Waals surface area (Å²) in [6, 6.07) is 7.13. The number of thiophene rings is 1. The van der Waals surface area contributed by atoms with Crippen molar-refractivity contribution in [1.29, 1.82) is 0 Å². The quantitative estimate of drug-likeness (QED) is 0.670. The number of nitrogens with zero attached hydrogens (tertiary/aromatic N) is 2. The lowest BCUT2D eigenvalue weighted by Crippen LogP contribution is -2.24. The fourth-order valence-electron chi connectivity index (χ4n) is 2.76. The lowest BCUT2D eigenvalue weighted by molar-refractivity contribution is 0.0526. The second-order valence-electron chi connectivity index (χ2n) is 5.93. The molecule has 5 nitrogen and oxygen atoms in total. The Kier molecular flexibility index (Phi) is 4.72. The maximum absolute atomic E-state index is 12.9. The minimum Gasteiger partial charge on any atom is -0.462 e. The van der Waals surface area contributed by atoms with E-state index < -0.39 is 0 Å². The van der Waals surface area contributed by atoms with E-state index in [4.69, 9.17) is 4.74 Å². The minimum absolute atomic E-state index is 0.0150. The van der Waals surface area contributed by atoms with Crippen molar-refractivity contribution >= 4 is 27.5 Å². The zero-order valence-electron chi connectivity index (χ0n) is 14.8. The Morgan fingerprint density at radius 3 is 2.52 bits per heavy atom. The van der Waals surface area contributed by atoms with Crippen LogP contribution >= 0.6 is 11.3 Å². The second-order valence-corrected chi connectivity index (χ2v) is 7.13. The van der Waals surface area contributed by atoms with Gasteiger partial charge in [0.05, 0.1) is 24.1 Å². The molecule has 0 aliphatic carbocycles. The molecule has 0 spiro atoms. The first-order valence-electron chi connectivity index (χ1n) is 8.15. The monoisotopic (exact) mass is 356 g/mol. The second kappa shape index (κ2) is 6.80. The van der Waals surface area contributed by atoms with Crippen molar-refractivity contribution in [3.63, 3.8) is 0 Å². The van der Waals surface area contributed by atoms with E-state index in [0.717, 1.165) is 20.8 Å². The summed E-state index contributed by atoms with van der Waals surface area (Å²) in [4.78, 5) is 31.1. The Hall–Kier alpha value is -2.47. The lowest BCUT2D eigenvalue weighted by Gasteiger charge is -2.10. The number of esters is 1. The molecular weight excluding hydrogens is 336 g/mol. The Balaban J connectivity index is 1.97. The highest BCUT2D eigenvalue weighted by Crippen LogP contribution is 2.26. The number of hydrogen-bond donors (Lipinski definition) is 0. The van der Waals surface area contributed by atoms with Gasteiger partial charge in [-0.25, -0.2) is 9.78 Å². The van der Waals surface area contributed by atoms with Crippen LogP contribution in [0.2, 0.25) is 0 Å². The third-order valence-corrected chi connectivity index (χ3v) is 5.39. The summed E-state index contributed by atoms with van der Waals surface area (Å²) in [6.07, 6.45) is 0. The number of aryl methyl sites for hydroxylation is 3. The first-order chi connectivity index (χ1) is 11.9. The van der Waals surface area contributed by atoms with Crippen LogP contribution in [0.4, 0.5) is 0 Å². The molecule has 0 fully saturated rings. The highest BCUT2D eigenvalue weighted by atomic mass is 32.1. The Labute approximate surface area is 149 Å². The third kappa shape index (κ3) is 3.22. The number of carbonyl (C=O) groups is 1. The topological polar surface area (TPSA) is 61.2 Å². The number of carbonyl (C=O) groups excluding carboxylic acids is 1. The lowest BCUT2D eigenvalue weighted by atomic mass is 10.1. The van der Waals surface area contributed by atoms with Crippen molar-refractivity contribution in [2.24, 2.45) is 0 Å². The summed E-state index contributed by atoms with van der Waals surface area (Å²) < 4.78 is 6.67. The summed E-state index contributed by atoms with van der Waals surface area (Å²) >= 11 is 1.56. The molecule has 3 aromatic rings. The Morgan fingerprint density at radius 1 is 1.20 bits per heavy atom. The SMILES string of the molecule is CCOC(=O)c1ccc(Cn2c(C)nc3sc(C)c(C)c3c2=O)cc1. The van der Waals surface area contributed by atoms with E-state index >= 15 is 0 Å². The van der Waals surface area contributed by atoms with Gasteiger partial charge in [0.1, 0.15) is 10.7 Å². The summed E-state index contributed by atoms with van der Waals surface area (Å²) in [6.45, 7) is 8.36. The molecule has 0 atom stereocenters. The van der Waals surface area contributed by atoms with Gasteiger partial charge >= 0.3 is 5.97 Å². The van der Waals surface area contributed by atoms with Gasteiger partial charge in [-0.15, -0.1) is 11.3 Å². The molecule has 3 rings (SSSR count). The van der Waals surface area contributed by atoms with Gasteiger partial charge in [0.2, 0.25) is 0 Å². The van der Waals surface area contributed by atoms with Gasteiger partial charge in [0.25, 0.3) is 5.56 Å². The van der Waals surface area contributed by atoms with Gasteiger partial charge in [-0.2, -0.15) is 0 Å². The van der Waals surface area contributed by atoms with Crippen LogP contribution in [-0.4, -0.2) is 22.1 Å². The van der Waals surface area contributed by atoms with E-state index in [1.165, 1.54) is 0 Å². The fraction of sp³-hybridized carbons (Fsp3) is 0.316. The number of rotatable bonds is 4. The molecular formula is C19H20N2O3S. The molecule has 0 N–H and O–H groups in total. The van der Waals surface area contributed by atoms with Gasteiger partial charge in [-0.3, -0.25) is 9.36 Å². The molecule has 1 aromatic carbocycles. The Bertz CT molecular complexity index is 1000. The van der Waals surface area contributed by atoms with Crippen LogP contribution in [0.3, 0.4) is 0 Å². The molecule has 130 valence electrons. The molecule has 25 heavy (non-hydrogen) atoms. The van der Waals surface area contributed by atoms with Crippen molar-refractivity contribution in [2.45, 2.75) is 34.2 Å². The maximum atomic E-state index is 12.9. The molecule has 0 unspecified atom stereocenters. The van der Waals surface area contributed by atoms with Gasteiger partial charge < -0.3 is 4.74 Å². The predicted molar refractivity (Wildman–Crippen MR) is 99.6 cm³/mol. The molecule has 0 bridgehead atoms. The van der Waals surface area contributed by atoms with E-state index in [1.54, 1.807) is 35.0 Å². The predicted octanol–water partition coefficient (Wildman–Crippen LogP) is 3.61. The van der Waals surface area contributed by atoms with Crippen molar-refractivity contribution in [3.05, 3.63) is 62.0 Å². The normalized spacial score (nSPS) is 11.0. The third-order valence-electron chi connectivity index (χ3n) is 4.29. The minimum atomic E-state index is -0.338. The van der Waals surface area contributed by atoms with Crippen LogP contribution < -0.4 is 5.56 Å². The van der Waals surface area contributed by atoms with Crippen LogP contribution in [0.15, 0.2) is 29.1 Å². The van der Waals surface area contributed by atoms with Crippen molar-refractivity contribution in [2.75, 3.05) is 6.61 Å². The number of fused-ring (bicyclic) bond motifs is 1. The van der Waals surface area contributed by atoms with Crippen molar-refractivity contribution < 1.29 is 9.53 Å². The van der Waals surface area contributed by atoms with E-state index in [1.807, 2.05) is 32.9 Å². The van der Waals surface area contributed by atoms with Crippen LogP contribution in [0.25, 0.3) is 10.2 Å². The van der Waals surface area contributed by atoms with Crippen LogP contribution in [-0.2, 0) is 11.3 Å². The number of aromatic nitrogens is 2. The number of ether oxygens (including phenoxy) is 1. The van der Waals surface area contributed by atoms with Gasteiger partial charge in [-0.05, 0) is 51.0 Å². The molecule has 2 heterocycles. The average molecular weight is 356 g/mol. The Morgan fingerprint density at radius 2 is 1.88 bits per heavy atom. The van der Waals surface area contributed by atoms with Crippen molar-refractivity contribution in [3.8, 4) is 0 Å². The number of hydrogen-bond acceptors (Lipinski definition) is 5. The molecule has 0 aliphatic heterocycles. The molecule has 6 heteroatoms. The maximum Gasteiger partial charge on any atom is 0.338 e. The largest absolute Gasteiger partial charge is 0.462 e. The summed E-state index contributed by atoms with van der Waals surface area (Å²) in [7, 11) is 0. The molecule has 0 amide bonds. The summed E-state index contributed by atoms with van der Waals surface area (Å²) in [5.74, 6) is 0.350. The van der Waals surface area contributed by atoms with Gasteiger partial charge in [0.15, 0.2) is 0 Å². The smallest absolute Gasteiger partial charge is 0.338 e. The number of benzene rings is 1. The molecule has 2 aromatic heterocycles. The highest BCUT2D eigenvalue weighted by molar-refractivity contribution is 7.18. The summed E-state index contributed by atoms with van der Waals surface area (Å²) in [5.41, 5.74) is 2.43. The highest BCUT2D eigenvalue weighted by Gasteiger charge is 2.15. The zero-order valence-corrected chi connectivity index (χ0v) is 15.6. The van der Waals surface area contributed by atoms with Crippen molar-refractivity contribution in [1.82, 2.24) is 9.55 Å². The molecule has 0 radical (unpaired) electrons. The summed E-state index contributed by atoms with van der Waals surface area (Å²) in [5, 5.41) is 0.705. The average Bonchev–Trinajstić information content (AvgIpc) is 2.86. The van der Waals surface area contributed by atoms with E-state index in [0.29, 0.717) is 29.9 Å². The zero-order chi connectivity index (χ0) is 18.1.